The second-order valence-electron chi connectivity index (χ2n) is 37.2. The Bertz CT molecular complexity index is 3130. The van der Waals surface area contributed by atoms with E-state index in [0.29, 0.717) is 72.1 Å². The number of hydrogen-bond donors (Lipinski definition) is 0. The van der Waals surface area contributed by atoms with Gasteiger partial charge in [0.1, 0.15) is 11.6 Å². The highest BCUT2D eigenvalue weighted by Crippen LogP contribution is 2.68. The number of carbonyl (C=O) groups excluding carboxylic acids is 2. The molecule has 0 saturated heterocycles. The van der Waals surface area contributed by atoms with E-state index in [4.69, 9.17) is 25.3 Å². The molecule has 5 fully saturated rings. The molecule has 8 nitrogen and oxygen atoms in total. The van der Waals surface area contributed by atoms with Crippen LogP contribution in [-0.2, 0) is 41.3 Å². The van der Waals surface area contributed by atoms with Crippen LogP contribution in [0.1, 0.15) is 279 Å². The van der Waals surface area contributed by atoms with E-state index < -0.39 is 50.9 Å². The van der Waals surface area contributed by atoms with E-state index in [9.17, 15) is 0 Å². The second-order valence-corrected chi connectivity index (χ2v) is 65.1. The first kappa shape index (κ1) is 85.0. The third-order valence-electron chi connectivity index (χ3n) is 24.0. The standard InChI is InChI=1S/C85H146O8S3Si6/c1-19-21-23-25-27-29-31-33-35-37-43-64-58-66(59-73(64)85-65(57-63(4)95-85)44-38-36-34-32-30-28-26-24-22-20-2)78-53-54-80(96-78)77-61-75-72(84(77)87)51-49-70-67(45-39-41-55-88-101(17,90-97(5,6)7)91-98(8,9)10)81-69(48-50-71-74(81)60-76(83(71)86)79-52-47-62(3)94-79)68(82(70)75)46-40-42-56-89-102(18,92-99(11,12)13)93-100(14,15)16/h47,52-54,57-58,67-72,74-77,81-82H,19-46,48-51,55-56,59-61H2,1-18H3. The lowest BCUT2D eigenvalue weighted by molar-refractivity contribution is -0.143. The maximum Gasteiger partial charge on any atom is 0.476 e. The Hall–Kier alpha value is -1.02. The molecule has 0 radical (unpaired) electrons. The van der Waals surface area contributed by atoms with Crippen molar-refractivity contribution in [2.75, 3.05) is 13.2 Å². The number of thiophene rings is 3. The van der Waals surface area contributed by atoms with Gasteiger partial charge in [0.2, 0.25) is 0 Å². The fraction of sp³-hybridized carbons (Fsp3) is 0.788. The molecule has 576 valence electrons. The van der Waals surface area contributed by atoms with Gasteiger partial charge in [-0.1, -0.05) is 148 Å². The molecule has 3 aromatic heterocycles. The second kappa shape index (κ2) is 38.8. The number of carbonyl (C=O) groups is 2. The van der Waals surface area contributed by atoms with Crippen LogP contribution in [0.25, 0.3) is 11.1 Å². The van der Waals surface area contributed by atoms with Crippen LogP contribution in [0.15, 0.2) is 42.0 Å². The SMILES string of the molecule is CCCCCCCCCCCCC1=C(c2sc(C)cc2CCCCCCCCCCCC)CC(c2ccc(C3CC4C(CCC5C(CCCCO[Si](C)(O[Si](C)(C)C)O[Si](C)(C)C)C6C7CC(c8ccc(C)s8)C(=O)C7CCC6C(CCCCO[Si](C)(O[Si](C)(C)C)O[Si](C)(C)C)C45)C3=O)s2)=C1. The Morgan fingerprint density at radius 3 is 1.26 bits per heavy atom. The van der Waals surface area contributed by atoms with Gasteiger partial charge in [-0.3, -0.25) is 9.59 Å². The lowest BCUT2D eigenvalue weighted by atomic mass is 9.44. The van der Waals surface area contributed by atoms with Gasteiger partial charge >= 0.3 is 17.6 Å². The monoisotopic (exact) mass is 1560 g/mol. The van der Waals surface area contributed by atoms with Crippen LogP contribution in [0.3, 0.4) is 0 Å². The number of aryl methyl sites for hydroxylation is 3. The zero-order valence-corrected chi connectivity index (χ0v) is 76.5. The third-order valence-corrected chi connectivity index (χ3v) is 44.7. The van der Waals surface area contributed by atoms with Crippen LogP contribution in [0, 0.1) is 73.0 Å². The van der Waals surface area contributed by atoms with Crippen molar-refractivity contribution >= 4 is 108 Å². The summed E-state index contributed by atoms with van der Waals surface area (Å²) >= 11 is 5.90. The average Bonchev–Trinajstić information content (AvgIpc) is 1.45. The molecule has 5 saturated carbocycles. The van der Waals surface area contributed by atoms with Crippen LogP contribution in [0.2, 0.25) is 91.7 Å². The van der Waals surface area contributed by atoms with Crippen LogP contribution >= 0.6 is 34.0 Å². The fourth-order valence-electron chi connectivity index (χ4n) is 20.6. The van der Waals surface area contributed by atoms with Gasteiger partial charge in [0.15, 0.2) is 33.3 Å². The minimum absolute atomic E-state index is 0.0186. The molecule has 12 unspecified atom stereocenters. The summed E-state index contributed by atoms with van der Waals surface area (Å²) in [5.74, 6) is 5.19. The molecule has 0 spiro atoms. The van der Waals surface area contributed by atoms with Crippen LogP contribution in [-0.4, -0.2) is 75.7 Å². The Kier molecular flexibility index (Phi) is 32.3. The summed E-state index contributed by atoms with van der Waals surface area (Å²) in [7, 11) is -13.5. The first-order chi connectivity index (χ1) is 48.4. The van der Waals surface area contributed by atoms with Gasteiger partial charge in [-0.15, -0.1) is 34.0 Å². The summed E-state index contributed by atoms with van der Waals surface area (Å²) in [5, 5.41) is 0. The minimum Gasteiger partial charge on any atom is -0.417 e. The van der Waals surface area contributed by atoms with Gasteiger partial charge in [-0.05, 0) is 282 Å². The third kappa shape index (κ3) is 24.5. The molecule has 6 aliphatic rings. The van der Waals surface area contributed by atoms with E-state index in [1.54, 1.807) is 21.6 Å². The molecular weight excluding hydrogens is 1410 g/mol. The first-order valence-electron chi connectivity index (χ1n) is 42.2. The smallest absolute Gasteiger partial charge is 0.417 e. The summed E-state index contributed by atoms with van der Waals surface area (Å²) in [5.41, 5.74) is 6.27. The zero-order chi connectivity index (χ0) is 73.6. The predicted molar refractivity (Wildman–Crippen MR) is 453 cm³/mol. The molecule has 6 aliphatic carbocycles. The number of rotatable bonds is 46. The topological polar surface area (TPSA) is 89.5 Å². The molecule has 9 rings (SSSR count). The zero-order valence-electron chi connectivity index (χ0n) is 68.0. The van der Waals surface area contributed by atoms with Gasteiger partial charge in [-0.2, -0.15) is 0 Å². The van der Waals surface area contributed by atoms with Gasteiger partial charge in [0.25, 0.3) is 0 Å². The van der Waals surface area contributed by atoms with Crippen molar-refractivity contribution in [3.05, 3.63) is 76.8 Å². The summed E-state index contributed by atoms with van der Waals surface area (Å²) in [6.07, 6.45) is 46.0. The van der Waals surface area contributed by atoms with Crippen LogP contribution in [0.4, 0.5) is 0 Å². The van der Waals surface area contributed by atoms with E-state index in [-0.39, 0.29) is 23.7 Å². The number of fused-ring (bicyclic) bond motifs is 6. The maximum absolute atomic E-state index is 15.8. The van der Waals surface area contributed by atoms with E-state index in [1.165, 1.54) is 165 Å². The summed E-state index contributed by atoms with van der Waals surface area (Å²) in [6.45, 7) is 41.9. The number of Topliss-reactive ketones (excluding diaryl/α,β-unsaturated/α-hetero) is 2. The lowest BCUT2D eigenvalue weighted by Crippen LogP contribution is -2.56. The lowest BCUT2D eigenvalue weighted by Gasteiger charge is -2.61. The number of hydrogen-bond acceptors (Lipinski definition) is 11. The van der Waals surface area contributed by atoms with Crippen molar-refractivity contribution in [2.24, 2.45) is 59.2 Å². The highest BCUT2D eigenvalue weighted by atomic mass is 32.1. The normalized spacial score (nSPS) is 25.8. The molecule has 17 heteroatoms. The largest absolute Gasteiger partial charge is 0.476 e. The van der Waals surface area contributed by atoms with Crippen molar-refractivity contribution in [1.29, 1.82) is 0 Å². The average molecular weight is 1560 g/mol. The molecule has 0 aromatic carbocycles. The minimum atomic E-state index is -2.87. The number of ketones is 2. The van der Waals surface area contributed by atoms with Crippen molar-refractivity contribution in [1.82, 2.24) is 0 Å². The molecule has 0 amide bonds. The predicted octanol–water partition coefficient (Wildman–Crippen LogP) is 27.0. The molecule has 0 aliphatic heterocycles. The van der Waals surface area contributed by atoms with Crippen LogP contribution < -0.4 is 0 Å². The van der Waals surface area contributed by atoms with Crippen LogP contribution in [0.5, 0.6) is 0 Å². The Morgan fingerprint density at radius 2 is 0.843 bits per heavy atom. The van der Waals surface area contributed by atoms with Crippen molar-refractivity contribution in [3.8, 4) is 0 Å². The van der Waals surface area contributed by atoms with E-state index >= 15 is 9.59 Å². The maximum atomic E-state index is 15.8. The van der Waals surface area contributed by atoms with Gasteiger partial charge in [0, 0.05) is 73.8 Å². The highest BCUT2D eigenvalue weighted by molar-refractivity contribution is 7.14. The quantitative estimate of drug-likeness (QED) is 0.0408. The van der Waals surface area contributed by atoms with Gasteiger partial charge in [-0.25, -0.2) is 0 Å². The van der Waals surface area contributed by atoms with E-state index in [2.05, 4.69) is 167 Å². The molecular formula is C85H146O8S3Si6. The van der Waals surface area contributed by atoms with E-state index in [1.807, 2.05) is 22.7 Å². The van der Waals surface area contributed by atoms with Gasteiger partial charge < -0.3 is 25.3 Å². The fourth-order valence-corrected chi connectivity index (χ4v) is 44.8. The Morgan fingerprint density at radius 1 is 0.431 bits per heavy atom. The van der Waals surface area contributed by atoms with Crippen molar-refractivity contribution in [3.63, 3.8) is 0 Å². The summed E-state index contributed by atoms with van der Waals surface area (Å²) in [4.78, 5) is 39.1. The summed E-state index contributed by atoms with van der Waals surface area (Å²) < 4.78 is 41.3. The van der Waals surface area contributed by atoms with Crippen molar-refractivity contribution < 1.29 is 34.9 Å². The Labute approximate surface area is 642 Å². The highest BCUT2D eigenvalue weighted by Gasteiger charge is 2.63. The molecule has 3 heterocycles. The first-order valence-corrected chi connectivity index (χ1v) is 62.7. The summed E-state index contributed by atoms with van der Waals surface area (Å²) in [6, 6.07) is 11.9. The molecule has 0 N–H and O–H groups in total. The number of unbranched alkanes of at least 4 members (excludes halogenated alkanes) is 20. The van der Waals surface area contributed by atoms with E-state index in [0.717, 1.165) is 89.9 Å². The van der Waals surface area contributed by atoms with Gasteiger partial charge in [0.05, 0.1) is 11.8 Å². The molecule has 102 heavy (non-hydrogen) atoms. The number of allylic oxidation sites excluding steroid dienone is 4. The Balaban J connectivity index is 0.976. The molecule has 3 aromatic rings. The molecule has 0 bridgehead atoms. The molecule has 12 atom stereocenters. The van der Waals surface area contributed by atoms with Crippen molar-refractivity contribution in [2.45, 2.75) is 356 Å².